The van der Waals surface area contributed by atoms with Gasteiger partial charge in [-0.15, -0.1) is 0 Å². The molecule has 0 aliphatic carbocycles. The highest BCUT2D eigenvalue weighted by Gasteiger charge is 2.18. The van der Waals surface area contributed by atoms with Crippen LogP contribution in [0.1, 0.15) is 22.7 Å². The minimum atomic E-state index is -3.00. The molecule has 0 radical (unpaired) electrons. The summed E-state index contributed by atoms with van der Waals surface area (Å²) in [4.78, 5) is 0. The zero-order valence-electron chi connectivity index (χ0n) is 10.5. The van der Waals surface area contributed by atoms with Crippen LogP contribution in [0.3, 0.4) is 0 Å². The zero-order chi connectivity index (χ0) is 13.2. The molecule has 1 rings (SSSR count). The number of aryl methyl sites for hydroxylation is 2. The average Bonchev–Trinajstić information content (AvgIpc) is 2.19. The maximum atomic E-state index is 11.4. The number of hydrogen-bond donors (Lipinski definition) is 1. The summed E-state index contributed by atoms with van der Waals surface area (Å²) in [6.45, 7) is 3.99. The number of sulfone groups is 1. The third-order valence-electron chi connectivity index (χ3n) is 2.74. The quantitative estimate of drug-likeness (QED) is 0.926. The van der Waals surface area contributed by atoms with Gasteiger partial charge in [-0.1, -0.05) is 22.0 Å². The second-order valence-corrected chi connectivity index (χ2v) is 7.43. The van der Waals surface area contributed by atoms with Crippen molar-refractivity contribution in [2.24, 2.45) is 0 Å². The standard InChI is InChI=1S/C12H18BrNO2S/c1-8-6-11(13)9(2)5-10(8)12(14-3)7-17(4,15)16/h5-6,12,14H,7H2,1-4H3. The van der Waals surface area contributed by atoms with Gasteiger partial charge in [0.15, 0.2) is 0 Å². The zero-order valence-corrected chi connectivity index (χ0v) is 12.9. The summed E-state index contributed by atoms with van der Waals surface area (Å²) in [5.74, 6) is 0.116. The molecule has 1 aromatic carbocycles. The van der Waals surface area contributed by atoms with Crippen LogP contribution in [0.5, 0.6) is 0 Å². The first-order chi connectivity index (χ1) is 7.74. The molecule has 0 amide bonds. The largest absolute Gasteiger partial charge is 0.312 e. The summed E-state index contributed by atoms with van der Waals surface area (Å²) in [6, 6.07) is 3.90. The van der Waals surface area contributed by atoms with Crippen molar-refractivity contribution in [3.05, 3.63) is 33.3 Å². The van der Waals surface area contributed by atoms with Gasteiger partial charge in [-0.25, -0.2) is 8.42 Å². The summed E-state index contributed by atoms with van der Waals surface area (Å²) >= 11 is 3.47. The van der Waals surface area contributed by atoms with Crippen LogP contribution in [0.25, 0.3) is 0 Å². The minimum absolute atomic E-state index is 0.116. The third-order valence-corrected chi connectivity index (χ3v) is 4.53. The fourth-order valence-electron chi connectivity index (χ4n) is 1.81. The Balaban J connectivity index is 3.17. The Labute approximate surface area is 112 Å². The molecule has 5 heteroatoms. The Morgan fingerprint density at radius 1 is 1.29 bits per heavy atom. The van der Waals surface area contributed by atoms with Crippen molar-refractivity contribution < 1.29 is 8.42 Å². The lowest BCUT2D eigenvalue weighted by Crippen LogP contribution is -2.25. The van der Waals surface area contributed by atoms with Gasteiger partial charge in [-0.05, 0) is 43.7 Å². The van der Waals surface area contributed by atoms with Gasteiger partial charge in [0.1, 0.15) is 9.84 Å². The molecule has 0 heterocycles. The van der Waals surface area contributed by atoms with E-state index in [-0.39, 0.29) is 11.8 Å². The first-order valence-corrected chi connectivity index (χ1v) is 8.21. The molecule has 0 aromatic heterocycles. The molecule has 1 N–H and O–H groups in total. The fraction of sp³-hybridized carbons (Fsp3) is 0.500. The first-order valence-electron chi connectivity index (χ1n) is 5.36. The van der Waals surface area contributed by atoms with Crippen LogP contribution in [0.2, 0.25) is 0 Å². The van der Waals surface area contributed by atoms with E-state index in [0.29, 0.717) is 0 Å². The van der Waals surface area contributed by atoms with Crippen LogP contribution in [0.4, 0.5) is 0 Å². The predicted molar refractivity (Wildman–Crippen MR) is 75.1 cm³/mol. The molecule has 1 aromatic rings. The average molecular weight is 320 g/mol. The molecular formula is C12H18BrNO2S. The highest BCUT2D eigenvalue weighted by Crippen LogP contribution is 2.26. The van der Waals surface area contributed by atoms with Gasteiger partial charge in [0.2, 0.25) is 0 Å². The summed E-state index contributed by atoms with van der Waals surface area (Å²) in [5, 5.41) is 3.07. The van der Waals surface area contributed by atoms with E-state index < -0.39 is 9.84 Å². The minimum Gasteiger partial charge on any atom is -0.312 e. The summed E-state index contributed by atoms with van der Waals surface area (Å²) in [7, 11) is -1.21. The SMILES string of the molecule is CNC(CS(C)(=O)=O)c1cc(C)c(Br)cc1C. The van der Waals surface area contributed by atoms with Gasteiger partial charge in [0.25, 0.3) is 0 Å². The highest BCUT2D eigenvalue weighted by molar-refractivity contribution is 9.10. The summed E-state index contributed by atoms with van der Waals surface area (Å²) < 4.78 is 23.8. The van der Waals surface area contributed by atoms with Gasteiger partial charge >= 0.3 is 0 Å². The number of hydrogen-bond acceptors (Lipinski definition) is 3. The van der Waals surface area contributed by atoms with Gasteiger partial charge < -0.3 is 5.32 Å². The molecule has 0 bridgehead atoms. The molecule has 17 heavy (non-hydrogen) atoms. The van der Waals surface area contributed by atoms with Crippen molar-refractivity contribution in [2.75, 3.05) is 19.1 Å². The van der Waals surface area contributed by atoms with Crippen molar-refractivity contribution in [1.82, 2.24) is 5.32 Å². The van der Waals surface area contributed by atoms with Crippen molar-refractivity contribution in [2.45, 2.75) is 19.9 Å². The van der Waals surface area contributed by atoms with Gasteiger partial charge in [-0.2, -0.15) is 0 Å². The second-order valence-electron chi connectivity index (χ2n) is 4.39. The van der Waals surface area contributed by atoms with Crippen LogP contribution in [0.15, 0.2) is 16.6 Å². The molecule has 96 valence electrons. The first kappa shape index (κ1) is 14.7. The molecule has 0 aliphatic heterocycles. The van der Waals surface area contributed by atoms with E-state index >= 15 is 0 Å². The Morgan fingerprint density at radius 2 is 1.88 bits per heavy atom. The Kier molecular flexibility index (Phi) is 4.75. The van der Waals surface area contributed by atoms with E-state index in [1.807, 2.05) is 26.0 Å². The lowest BCUT2D eigenvalue weighted by Gasteiger charge is -2.19. The molecule has 3 nitrogen and oxygen atoms in total. The van der Waals surface area contributed by atoms with E-state index in [2.05, 4.69) is 21.2 Å². The van der Waals surface area contributed by atoms with Crippen LogP contribution in [-0.2, 0) is 9.84 Å². The van der Waals surface area contributed by atoms with E-state index in [1.54, 1.807) is 7.05 Å². The smallest absolute Gasteiger partial charge is 0.149 e. The topological polar surface area (TPSA) is 46.2 Å². The molecule has 0 aliphatic rings. The van der Waals surface area contributed by atoms with Crippen LogP contribution in [0, 0.1) is 13.8 Å². The number of rotatable bonds is 4. The molecule has 0 spiro atoms. The van der Waals surface area contributed by atoms with Gasteiger partial charge in [-0.3, -0.25) is 0 Å². The Morgan fingerprint density at radius 3 is 2.35 bits per heavy atom. The second kappa shape index (κ2) is 5.50. The molecule has 0 saturated carbocycles. The van der Waals surface area contributed by atoms with Crippen LogP contribution >= 0.6 is 15.9 Å². The van der Waals surface area contributed by atoms with Crippen molar-refractivity contribution in [3.63, 3.8) is 0 Å². The summed E-state index contributed by atoms with van der Waals surface area (Å²) in [6.07, 6.45) is 1.26. The third kappa shape index (κ3) is 4.08. The predicted octanol–water partition coefficient (Wildman–Crippen LogP) is 2.37. The molecule has 0 saturated heterocycles. The molecular weight excluding hydrogens is 302 g/mol. The number of halogens is 1. The maximum absolute atomic E-state index is 11.4. The maximum Gasteiger partial charge on any atom is 0.149 e. The lowest BCUT2D eigenvalue weighted by molar-refractivity contribution is 0.578. The Bertz CT molecular complexity index is 511. The summed E-state index contributed by atoms with van der Waals surface area (Å²) in [5.41, 5.74) is 3.24. The Hall–Kier alpha value is -0.390. The number of nitrogens with one attached hydrogen (secondary N) is 1. The fourth-order valence-corrected chi connectivity index (χ4v) is 3.22. The van der Waals surface area contributed by atoms with Crippen LogP contribution < -0.4 is 5.32 Å². The van der Waals surface area contributed by atoms with Gasteiger partial charge in [0, 0.05) is 16.8 Å². The molecule has 1 unspecified atom stereocenters. The van der Waals surface area contributed by atoms with Crippen molar-refractivity contribution in [3.8, 4) is 0 Å². The lowest BCUT2D eigenvalue weighted by atomic mass is 10.00. The van der Waals surface area contributed by atoms with E-state index in [1.165, 1.54) is 6.26 Å². The van der Waals surface area contributed by atoms with E-state index in [9.17, 15) is 8.42 Å². The van der Waals surface area contributed by atoms with Crippen LogP contribution in [-0.4, -0.2) is 27.5 Å². The molecule has 0 fully saturated rings. The monoisotopic (exact) mass is 319 g/mol. The number of benzene rings is 1. The van der Waals surface area contributed by atoms with Gasteiger partial charge in [0.05, 0.1) is 5.75 Å². The van der Waals surface area contributed by atoms with Crippen molar-refractivity contribution >= 4 is 25.8 Å². The van der Waals surface area contributed by atoms with E-state index in [4.69, 9.17) is 0 Å². The van der Waals surface area contributed by atoms with Crippen molar-refractivity contribution in [1.29, 1.82) is 0 Å². The normalized spacial score (nSPS) is 13.7. The van der Waals surface area contributed by atoms with E-state index in [0.717, 1.165) is 21.2 Å². The molecule has 1 atom stereocenters. The highest BCUT2D eigenvalue weighted by atomic mass is 79.9.